The number of piperidine rings is 1. The molecule has 2 heterocycles. The van der Waals surface area contributed by atoms with Crippen molar-refractivity contribution in [2.75, 3.05) is 25.5 Å². The summed E-state index contributed by atoms with van der Waals surface area (Å²) < 4.78 is 25.4. The Labute approximate surface area is 213 Å². The molecule has 2 aliphatic heterocycles. The van der Waals surface area contributed by atoms with Crippen molar-refractivity contribution >= 4 is 11.6 Å². The number of methoxy groups -OCH3 is 1. The average molecular weight is 509 g/mol. The Morgan fingerprint density at radius 3 is 2.81 bits per heavy atom. The van der Waals surface area contributed by atoms with E-state index in [2.05, 4.69) is 10.2 Å². The third kappa shape index (κ3) is 2.98. The van der Waals surface area contributed by atoms with E-state index in [1.54, 1.807) is 6.07 Å². The highest BCUT2D eigenvalue weighted by molar-refractivity contribution is 6.04. The first-order chi connectivity index (χ1) is 17.8. The molecule has 2 aromatic rings. The highest BCUT2D eigenvalue weighted by Gasteiger charge is 2.73. The van der Waals surface area contributed by atoms with Crippen molar-refractivity contribution in [1.82, 2.24) is 4.90 Å². The van der Waals surface area contributed by atoms with Gasteiger partial charge < -0.3 is 30.1 Å². The van der Waals surface area contributed by atoms with Crippen LogP contribution in [0.2, 0.25) is 0 Å². The van der Waals surface area contributed by atoms with E-state index in [-0.39, 0.29) is 46.7 Å². The molecule has 2 aromatic carbocycles. The molecule has 1 saturated heterocycles. The largest absolute Gasteiger partial charge is 0.508 e. The van der Waals surface area contributed by atoms with E-state index < -0.39 is 28.8 Å². The Morgan fingerprint density at radius 1 is 1.27 bits per heavy atom. The maximum atomic E-state index is 14.2. The van der Waals surface area contributed by atoms with Crippen molar-refractivity contribution in [3.05, 3.63) is 58.6 Å². The van der Waals surface area contributed by atoms with Crippen LogP contribution < -0.4 is 14.8 Å². The zero-order valence-corrected chi connectivity index (χ0v) is 20.5. The van der Waals surface area contributed by atoms with Crippen LogP contribution in [0.5, 0.6) is 17.2 Å². The van der Waals surface area contributed by atoms with E-state index in [9.17, 15) is 24.5 Å². The monoisotopic (exact) mass is 508 g/mol. The Morgan fingerprint density at radius 2 is 2.08 bits per heavy atom. The van der Waals surface area contributed by atoms with Gasteiger partial charge in [-0.1, -0.05) is 6.07 Å². The molecule has 4 N–H and O–H groups in total. The maximum absolute atomic E-state index is 14.2. The summed E-state index contributed by atoms with van der Waals surface area (Å²) in [5, 5.41) is 37.4. The van der Waals surface area contributed by atoms with Gasteiger partial charge in [-0.2, -0.15) is 0 Å². The highest BCUT2D eigenvalue weighted by Crippen LogP contribution is 2.66. The molecular weight excluding hydrogens is 479 g/mol. The number of aromatic hydroxyl groups is 1. The molecule has 3 aliphatic carbocycles. The molecule has 2 bridgehead atoms. The van der Waals surface area contributed by atoms with Gasteiger partial charge in [0, 0.05) is 36.3 Å². The number of likely N-dealkylation sites (tertiary alicyclic amines) is 1. The first kappa shape index (κ1) is 22.9. The number of phenols is 1. The number of aliphatic hydroxyl groups excluding tert-OH is 1. The first-order valence-corrected chi connectivity index (χ1v) is 12.8. The number of ether oxygens (including phenoxy) is 2. The van der Waals surface area contributed by atoms with Crippen LogP contribution in [-0.4, -0.2) is 64.1 Å². The minimum absolute atomic E-state index is 0.00775. The minimum Gasteiger partial charge on any atom is -0.508 e. The normalized spacial score (nSPS) is 31.5. The topological polar surface area (TPSA) is 111 Å². The molecule has 2 fully saturated rings. The lowest BCUT2D eigenvalue weighted by Gasteiger charge is -2.62. The van der Waals surface area contributed by atoms with Gasteiger partial charge >= 0.3 is 0 Å². The number of carbonyl (C=O) groups is 1. The first-order valence-electron chi connectivity index (χ1n) is 12.8. The summed E-state index contributed by atoms with van der Waals surface area (Å²) in [7, 11) is 1.36. The number of hydrogen-bond acceptors (Lipinski definition) is 7. The number of aliphatic hydroxyl groups is 2. The van der Waals surface area contributed by atoms with Gasteiger partial charge in [-0.3, -0.25) is 9.69 Å². The van der Waals surface area contributed by atoms with Gasteiger partial charge in [-0.05, 0) is 61.9 Å². The molecule has 4 atom stereocenters. The molecule has 7 rings (SSSR count). The summed E-state index contributed by atoms with van der Waals surface area (Å²) in [6.45, 7) is 1.62. The Hall–Kier alpha value is -3.30. The molecule has 9 heteroatoms. The van der Waals surface area contributed by atoms with E-state index in [4.69, 9.17) is 9.47 Å². The summed E-state index contributed by atoms with van der Waals surface area (Å²) in [6.07, 6.45) is 2.36. The third-order valence-electron chi connectivity index (χ3n) is 9.20. The van der Waals surface area contributed by atoms with Gasteiger partial charge in [0.05, 0.1) is 23.7 Å². The van der Waals surface area contributed by atoms with Crippen LogP contribution in [0.15, 0.2) is 41.7 Å². The van der Waals surface area contributed by atoms with Crippen molar-refractivity contribution < 1.29 is 34.0 Å². The van der Waals surface area contributed by atoms with E-state index in [1.165, 1.54) is 32.1 Å². The highest BCUT2D eigenvalue weighted by atomic mass is 19.1. The number of amides is 1. The lowest BCUT2D eigenvalue weighted by atomic mass is 9.49. The number of nitrogens with one attached hydrogen (secondary N) is 1. The van der Waals surface area contributed by atoms with Crippen molar-refractivity contribution in [1.29, 1.82) is 0 Å². The number of halogens is 1. The molecule has 0 radical (unpaired) electrons. The molecule has 5 aliphatic rings. The number of hydrogen-bond donors (Lipinski definition) is 4. The van der Waals surface area contributed by atoms with E-state index in [1.807, 2.05) is 6.07 Å². The molecule has 0 unspecified atom stereocenters. The quantitative estimate of drug-likeness (QED) is 0.491. The van der Waals surface area contributed by atoms with Gasteiger partial charge in [-0.25, -0.2) is 4.39 Å². The summed E-state index contributed by atoms with van der Waals surface area (Å²) in [4.78, 5) is 15.8. The lowest BCUT2D eigenvalue weighted by molar-refractivity contribution is -0.172. The van der Waals surface area contributed by atoms with Crippen molar-refractivity contribution in [3.8, 4) is 17.2 Å². The molecule has 0 aromatic heterocycles. The van der Waals surface area contributed by atoms with Gasteiger partial charge in [0.2, 0.25) is 0 Å². The second kappa shape index (κ2) is 7.61. The van der Waals surface area contributed by atoms with Crippen LogP contribution in [0, 0.1) is 11.7 Å². The van der Waals surface area contributed by atoms with Gasteiger partial charge in [-0.15, -0.1) is 0 Å². The number of benzene rings is 2. The van der Waals surface area contributed by atoms with E-state index in [0.29, 0.717) is 18.8 Å². The summed E-state index contributed by atoms with van der Waals surface area (Å²) in [5.74, 6) is -0.620. The second-order valence-electron chi connectivity index (χ2n) is 11.1. The van der Waals surface area contributed by atoms with E-state index >= 15 is 0 Å². The molecule has 1 saturated carbocycles. The zero-order valence-electron chi connectivity index (χ0n) is 20.5. The predicted octanol–water partition coefficient (Wildman–Crippen LogP) is 3.16. The summed E-state index contributed by atoms with van der Waals surface area (Å²) in [6, 6.07) is 7.27. The van der Waals surface area contributed by atoms with Crippen LogP contribution >= 0.6 is 0 Å². The summed E-state index contributed by atoms with van der Waals surface area (Å²) in [5.41, 5.74) is -0.412. The second-order valence-corrected chi connectivity index (χ2v) is 11.1. The van der Waals surface area contributed by atoms with Crippen LogP contribution in [0.25, 0.3) is 0 Å². The van der Waals surface area contributed by atoms with Crippen molar-refractivity contribution in [2.45, 2.75) is 55.3 Å². The van der Waals surface area contributed by atoms with Gasteiger partial charge in [0.1, 0.15) is 5.76 Å². The van der Waals surface area contributed by atoms with Crippen LogP contribution in [0.4, 0.5) is 10.1 Å². The van der Waals surface area contributed by atoms with Crippen LogP contribution in [0.1, 0.15) is 36.8 Å². The SMILES string of the molecule is COc1ccc(NC(=O)C2=C(O)[C@@H]3Oc4c(O)ccc5c4[C@@]34CCN(CC3CC3)[C@H](C5)[C@]4(O)C2)cc1F. The minimum atomic E-state index is -1.40. The van der Waals surface area contributed by atoms with Crippen molar-refractivity contribution in [2.24, 2.45) is 5.92 Å². The van der Waals surface area contributed by atoms with Crippen LogP contribution in [-0.2, 0) is 16.6 Å². The lowest BCUT2D eigenvalue weighted by Crippen LogP contribution is -2.75. The van der Waals surface area contributed by atoms with Crippen LogP contribution in [0.3, 0.4) is 0 Å². The summed E-state index contributed by atoms with van der Waals surface area (Å²) >= 11 is 0. The fourth-order valence-electron chi connectivity index (χ4n) is 7.32. The molecule has 194 valence electrons. The average Bonchev–Trinajstić information content (AvgIpc) is 3.61. The standard InChI is InChI=1S/C28H29FN2O6/c1-36-20-7-5-16(11-18(20)29)30-26(34)17-12-28(35)21-10-15-4-6-19(32)24-22(15)27(28,25(37-24)23(17)33)8-9-31(21)13-14-2-3-14/h4-7,11,14,21,25,32-33,35H,2-3,8-10,12-13H2,1H3,(H,30,34)/t21-,25+,27+,28-/m1/s1. The molecule has 1 amide bonds. The van der Waals surface area contributed by atoms with Crippen molar-refractivity contribution in [3.63, 3.8) is 0 Å². The molecule has 1 spiro atoms. The number of carbonyl (C=O) groups excluding carboxylic acids is 1. The Balaban J connectivity index is 1.32. The Bertz CT molecular complexity index is 1370. The smallest absolute Gasteiger partial charge is 0.255 e. The number of anilines is 1. The zero-order chi connectivity index (χ0) is 25.7. The fourth-order valence-corrected chi connectivity index (χ4v) is 7.32. The number of nitrogens with zero attached hydrogens (tertiary/aromatic N) is 1. The maximum Gasteiger partial charge on any atom is 0.255 e. The number of phenolic OH excluding ortho intramolecular Hbond substituents is 1. The molecule has 8 nitrogen and oxygen atoms in total. The number of rotatable bonds is 5. The Kier molecular flexibility index (Phi) is 4.70. The van der Waals surface area contributed by atoms with E-state index in [0.717, 1.165) is 30.3 Å². The van der Waals surface area contributed by atoms with Gasteiger partial charge in [0.25, 0.3) is 5.91 Å². The predicted molar refractivity (Wildman–Crippen MR) is 131 cm³/mol. The third-order valence-corrected chi connectivity index (χ3v) is 9.20. The van der Waals surface area contributed by atoms with Gasteiger partial charge in [0.15, 0.2) is 29.2 Å². The molecular formula is C28H29FN2O6. The molecule has 37 heavy (non-hydrogen) atoms. The fraction of sp³-hybridized carbons (Fsp3) is 0.464.